The maximum Gasteiger partial charge on any atom is 0.243 e. The van der Waals surface area contributed by atoms with E-state index in [2.05, 4.69) is 10.0 Å². The number of para-hydroxylation sites is 1. The second-order valence-electron chi connectivity index (χ2n) is 10.9. The van der Waals surface area contributed by atoms with Gasteiger partial charge in [0.25, 0.3) is 0 Å². The standard InChI is InChI=1S/C24H34N4O4S/c25-18-6-2-3-7-19(18)33(31,32)28-24(8-4-1-5-9-24)22(30)27-20-16-10-15-11-17(20)14-23(12-15,13-16)21(26)29/h2-3,6-7,15-17,20,28H,1,4-5,8-14,25H2,(H2,26,29)(H,27,30). The molecular weight excluding hydrogens is 440 g/mol. The maximum absolute atomic E-state index is 13.8. The van der Waals surface area contributed by atoms with E-state index in [9.17, 15) is 18.0 Å². The van der Waals surface area contributed by atoms with Crippen LogP contribution in [0.4, 0.5) is 5.69 Å². The molecule has 4 bridgehead atoms. The first-order valence-corrected chi connectivity index (χ1v) is 13.6. The van der Waals surface area contributed by atoms with Gasteiger partial charge in [0.1, 0.15) is 10.4 Å². The highest BCUT2D eigenvalue weighted by molar-refractivity contribution is 7.89. The van der Waals surface area contributed by atoms with E-state index in [0.29, 0.717) is 18.8 Å². The van der Waals surface area contributed by atoms with E-state index in [-0.39, 0.29) is 40.3 Å². The van der Waals surface area contributed by atoms with Gasteiger partial charge in [0.2, 0.25) is 21.8 Å². The third-order valence-electron chi connectivity index (χ3n) is 8.77. The summed E-state index contributed by atoms with van der Waals surface area (Å²) < 4.78 is 29.3. The summed E-state index contributed by atoms with van der Waals surface area (Å²) in [5.74, 6) is 0.477. The predicted octanol–water partition coefficient (Wildman–Crippen LogP) is 2.05. The number of rotatable bonds is 6. The number of hydrogen-bond donors (Lipinski definition) is 4. The number of benzene rings is 1. The van der Waals surface area contributed by atoms with Crippen LogP contribution in [0.25, 0.3) is 0 Å². The number of nitrogens with one attached hydrogen (secondary N) is 2. The molecule has 9 heteroatoms. The molecule has 1 aromatic carbocycles. The van der Waals surface area contributed by atoms with E-state index in [0.717, 1.165) is 51.4 Å². The van der Waals surface area contributed by atoms with Crippen LogP contribution < -0.4 is 21.5 Å². The van der Waals surface area contributed by atoms with Crippen molar-refractivity contribution in [2.24, 2.45) is 28.9 Å². The van der Waals surface area contributed by atoms with Crippen molar-refractivity contribution in [1.82, 2.24) is 10.0 Å². The number of nitrogens with two attached hydrogens (primary N) is 2. The molecule has 180 valence electrons. The highest BCUT2D eigenvalue weighted by Crippen LogP contribution is 2.60. The summed E-state index contributed by atoms with van der Waals surface area (Å²) in [6, 6.07) is 6.29. The predicted molar refractivity (Wildman–Crippen MR) is 124 cm³/mol. The maximum atomic E-state index is 13.8. The third-order valence-corrected chi connectivity index (χ3v) is 10.4. The van der Waals surface area contributed by atoms with Gasteiger partial charge in [-0.1, -0.05) is 31.4 Å². The molecule has 0 radical (unpaired) electrons. The topological polar surface area (TPSA) is 144 Å². The Hall–Kier alpha value is -2.13. The second-order valence-corrected chi connectivity index (χ2v) is 12.6. The third kappa shape index (κ3) is 3.83. The van der Waals surface area contributed by atoms with Crippen molar-refractivity contribution in [3.63, 3.8) is 0 Å². The molecule has 8 nitrogen and oxygen atoms in total. The van der Waals surface area contributed by atoms with Crippen molar-refractivity contribution in [2.45, 2.75) is 80.7 Å². The first-order chi connectivity index (χ1) is 15.6. The molecule has 2 unspecified atom stereocenters. The highest BCUT2D eigenvalue weighted by Gasteiger charge is 2.58. The van der Waals surface area contributed by atoms with Crippen molar-refractivity contribution in [1.29, 1.82) is 0 Å². The van der Waals surface area contributed by atoms with Gasteiger partial charge in [-0.15, -0.1) is 0 Å². The average molecular weight is 475 g/mol. The fraction of sp³-hybridized carbons (Fsp3) is 0.667. The SMILES string of the molecule is NC(=O)C12CC3CC(C1)C(NC(=O)C1(NS(=O)(=O)c4ccccc4N)CCCCC1)C(C3)C2. The van der Waals surface area contributed by atoms with Gasteiger partial charge in [-0.3, -0.25) is 9.59 Å². The lowest BCUT2D eigenvalue weighted by molar-refractivity contribution is -0.148. The lowest BCUT2D eigenvalue weighted by Gasteiger charge is -2.59. The van der Waals surface area contributed by atoms with Crippen molar-refractivity contribution >= 4 is 27.5 Å². The first-order valence-electron chi connectivity index (χ1n) is 12.1. The number of anilines is 1. The number of carbonyl (C=O) groups excluding carboxylic acids is 2. The Kier molecular flexibility index (Phi) is 5.47. The van der Waals surface area contributed by atoms with Crippen LogP contribution in [0, 0.1) is 23.2 Å². The van der Waals surface area contributed by atoms with Gasteiger partial charge in [0.15, 0.2) is 0 Å². The smallest absolute Gasteiger partial charge is 0.243 e. The highest BCUT2D eigenvalue weighted by atomic mass is 32.2. The van der Waals surface area contributed by atoms with Gasteiger partial charge in [-0.2, -0.15) is 4.72 Å². The minimum Gasteiger partial charge on any atom is -0.398 e. The Bertz CT molecular complexity index is 1050. The van der Waals surface area contributed by atoms with E-state index in [1.165, 1.54) is 6.07 Å². The Balaban J connectivity index is 1.39. The normalized spacial score (nSPS) is 34.7. The minimum atomic E-state index is -3.97. The fourth-order valence-electron chi connectivity index (χ4n) is 7.42. The van der Waals surface area contributed by atoms with Crippen LogP contribution in [-0.2, 0) is 19.6 Å². The van der Waals surface area contributed by atoms with Crippen molar-refractivity contribution in [3.05, 3.63) is 24.3 Å². The molecule has 1 aromatic rings. The van der Waals surface area contributed by atoms with Crippen LogP contribution in [0.5, 0.6) is 0 Å². The van der Waals surface area contributed by atoms with Gasteiger partial charge in [0.05, 0.1) is 5.69 Å². The van der Waals surface area contributed by atoms with Gasteiger partial charge in [-0.05, 0) is 74.8 Å². The fourth-order valence-corrected chi connectivity index (χ4v) is 8.98. The molecule has 2 amide bonds. The molecule has 6 N–H and O–H groups in total. The Labute approximate surface area is 195 Å². The number of nitrogen functional groups attached to an aromatic ring is 1. The van der Waals surface area contributed by atoms with Crippen LogP contribution in [0.2, 0.25) is 0 Å². The van der Waals surface area contributed by atoms with Crippen molar-refractivity contribution in [2.75, 3.05) is 5.73 Å². The average Bonchev–Trinajstić information content (AvgIpc) is 2.76. The summed E-state index contributed by atoms with van der Waals surface area (Å²) in [4.78, 5) is 26.0. The lowest BCUT2D eigenvalue weighted by Crippen LogP contribution is -2.66. The zero-order valence-corrected chi connectivity index (χ0v) is 19.7. The summed E-state index contributed by atoms with van der Waals surface area (Å²) >= 11 is 0. The molecule has 5 aliphatic rings. The van der Waals surface area contributed by atoms with Crippen LogP contribution >= 0.6 is 0 Å². The van der Waals surface area contributed by atoms with Crippen molar-refractivity contribution < 1.29 is 18.0 Å². The molecular formula is C24H34N4O4S. The molecule has 5 fully saturated rings. The zero-order chi connectivity index (χ0) is 23.4. The number of sulfonamides is 1. The largest absolute Gasteiger partial charge is 0.398 e. The Morgan fingerprint density at radius 3 is 2.21 bits per heavy atom. The number of primary amides is 1. The van der Waals surface area contributed by atoms with Crippen LogP contribution in [0.1, 0.15) is 64.2 Å². The summed E-state index contributed by atoms with van der Waals surface area (Å²) in [6.07, 6.45) is 7.77. The number of amides is 2. The molecule has 5 aliphatic carbocycles. The van der Waals surface area contributed by atoms with Crippen LogP contribution in [-0.4, -0.2) is 31.8 Å². The summed E-state index contributed by atoms with van der Waals surface area (Å²) in [6.45, 7) is 0. The molecule has 0 aliphatic heterocycles. The molecule has 0 spiro atoms. The van der Waals surface area contributed by atoms with Gasteiger partial charge in [0, 0.05) is 11.5 Å². The lowest BCUT2D eigenvalue weighted by atomic mass is 9.47. The molecule has 0 saturated heterocycles. The van der Waals surface area contributed by atoms with Crippen molar-refractivity contribution in [3.8, 4) is 0 Å². The van der Waals surface area contributed by atoms with Gasteiger partial charge in [-0.25, -0.2) is 8.42 Å². The van der Waals surface area contributed by atoms with E-state index in [1.807, 2.05) is 0 Å². The van der Waals surface area contributed by atoms with E-state index in [1.54, 1.807) is 18.2 Å². The zero-order valence-electron chi connectivity index (χ0n) is 18.9. The van der Waals surface area contributed by atoms with Crippen LogP contribution in [0.3, 0.4) is 0 Å². The number of hydrogen-bond acceptors (Lipinski definition) is 5. The van der Waals surface area contributed by atoms with E-state index in [4.69, 9.17) is 11.5 Å². The van der Waals surface area contributed by atoms with E-state index < -0.39 is 21.0 Å². The molecule has 0 aromatic heterocycles. The summed E-state index contributed by atoms with van der Waals surface area (Å²) in [5, 5.41) is 3.27. The van der Waals surface area contributed by atoms with Gasteiger partial charge >= 0.3 is 0 Å². The molecule has 6 rings (SSSR count). The molecule has 5 saturated carbocycles. The second kappa shape index (κ2) is 7.98. The van der Waals surface area contributed by atoms with Gasteiger partial charge < -0.3 is 16.8 Å². The monoisotopic (exact) mass is 474 g/mol. The Morgan fingerprint density at radius 2 is 1.61 bits per heavy atom. The minimum absolute atomic E-state index is 0.000715. The Morgan fingerprint density at radius 1 is 0.970 bits per heavy atom. The van der Waals surface area contributed by atoms with Crippen LogP contribution in [0.15, 0.2) is 29.2 Å². The molecule has 0 heterocycles. The molecule has 2 atom stereocenters. The summed E-state index contributed by atoms with van der Waals surface area (Å²) in [5.41, 5.74) is 10.3. The molecule has 33 heavy (non-hydrogen) atoms. The van der Waals surface area contributed by atoms with E-state index >= 15 is 0 Å². The number of carbonyl (C=O) groups is 2. The quantitative estimate of drug-likeness (QED) is 0.466. The first kappa shape index (κ1) is 22.7. The summed E-state index contributed by atoms with van der Waals surface area (Å²) in [7, 11) is -3.97.